The van der Waals surface area contributed by atoms with E-state index < -0.39 is 41.0 Å². The number of likely N-dealkylation sites (tertiary alicyclic amines) is 2. The third-order valence-corrected chi connectivity index (χ3v) is 11.7. The van der Waals surface area contributed by atoms with Gasteiger partial charge < -0.3 is 14.7 Å². The van der Waals surface area contributed by atoms with Crippen LogP contribution in [-0.2, 0) is 18.8 Å². The van der Waals surface area contributed by atoms with Crippen molar-refractivity contribution in [1.29, 1.82) is 0 Å². The van der Waals surface area contributed by atoms with E-state index in [1.54, 1.807) is 6.20 Å². The summed E-state index contributed by atoms with van der Waals surface area (Å²) in [5.41, 5.74) is -1.03. The summed E-state index contributed by atoms with van der Waals surface area (Å²) in [6.07, 6.45) is -0.962. The number of hydrogen-bond donors (Lipinski definition) is 0. The van der Waals surface area contributed by atoms with Crippen LogP contribution in [0.4, 0.5) is 32.0 Å². The third-order valence-electron chi connectivity index (χ3n) is 11.7. The number of amides is 2. The summed E-state index contributed by atoms with van der Waals surface area (Å²) in [7, 11) is 0. The Morgan fingerprint density at radius 3 is 1.85 bits per heavy atom. The number of benzene rings is 2. The maximum Gasteiger partial charge on any atom is 0.416 e. The number of piperidine rings is 2. The quantitative estimate of drug-likeness (QED) is 0.246. The SMILES string of the molecule is O=C(c1cncc(N2CCCC2)c1)N1CCC(N2CCN(C3CCN(C(=O)c4cc(C(F)(F)F)cc(C(F)(F)F)c4)C(Cc4ccccc4)C3)CC2)CC1. The van der Waals surface area contributed by atoms with E-state index in [9.17, 15) is 35.9 Å². The number of nitrogens with zero attached hydrogens (tertiary/aromatic N) is 6. The van der Waals surface area contributed by atoms with Gasteiger partial charge in [0.15, 0.2) is 0 Å². The van der Waals surface area contributed by atoms with E-state index >= 15 is 0 Å². The Labute approximate surface area is 311 Å². The first-order chi connectivity index (χ1) is 25.8. The van der Waals surface area contributed by atoms with Crippen LogP contribution in [0.1, 0.15) is 75.9 Å². The van der Waals surface area contributed by atoms with Crippen molar-refractivity contribution < 1.29 is 35.9 Å². The number of anilines is 1. The second kappa shape index (κ2) is 15.9. The van der Waals surface area contributed by atoms with Crippen LogP contribution in [0.2, 0.25) is 0 Å². The Hall–Kier alpha value is -4.17. The highest BCUT2D eigenvalue weighted by Gasteiger charge is 2.41. The predicted molar refractivity (Wildman–Crippen MR) is 192 cm³/mol. The smallest absolute Gasteiger partial charge is 0.370 e. The van der Waals surface area contributed by atoms with Crippen molar-refractivity contribution in [2.75, 3.05) is 63.8 Å². The molecule has 5 heterocycles. The molecular formula is C40H46F6N6O2. The van der Waals surface area contributed by atoms with Crippen LogP contribution in [0.5, 0.6) is 0 Å². The number of aromatic nitrogens is 1. The average molecular weight is 757 g/mol. The lowest BCUT2D eigenvalue weighted by molar-refractivity contribution is -0.143. The molecule has 8 nitrogen and oxygen atoms in total. The molecule has 4 aliphatic heterocycles. The van der Waals surface area contributed by atoms with Gasteiger partial charge in [-0.2, -0.15) is 26.3 Å². The lowest BCUT2D eigenvalue weighted by atomic mass is 9.90. The highest BCUT2D eigenvalue weighted by Crippen LogP contribution is 2.37. The topological polar surface area (TPSA) is 63.2 Å². The molecule has 290 valence electrons. The largest absolute Gasteiger partial charge is 0.416 e. The molecule has 7 rings (SSSR count). The second-order valence-electron chi connectivity index (χ2n) is 15.0. The Kier molecular flexibility index (Phi) is 11.2. The summed E-state index contributed by atoms with van der Waals surface area (Å²) >= 11 is 0. The van der Waals surface area contributed by atoms with E-state index in [1.807, 2.05) is 47.5 Å². The molecule has 0 radical (unpaired) electrons. The molecule has 4 aliphatic rings. The predicted octanol–water partition coefficient (Wildman–Crippen LogP) is 6.86. The van der Waals surface area contributed by atoms with E-state index in [0.717, 1.165) is 76.2 Å². The van der Waals surface area contributed by atoms with Gasteiger partial charge in [-0.3, -0.25) is 24.4 Å². The van der Waals surface area contributed by atoms with Gasteiger partial charge in [0.25, 0.3) is 11.8 Å². The van der Waals surface area contributed by atoms with Crippen molar-refractivity contribution in [3.8, 4) is 0 Å². The van der Waals surface area contributed by atoms with Gasteiger partial charge in [-0.1, -0.05) is 30.3 Å². The van der Waals surface area contributed by atoms with Crippen molar-refractivity contribution in [3.05, 3.63) is 94.8 Å². The van der Waals surface area contributed by atoms with Gasteiger partial charge in [-0.05, 0) is 74.8 Å². The van der Waals surface area contributed by atoms with Crippen LogP contribution in [0.25, 0.3) is 0 Å². The maximum atomic E-state index is 13.8. The highest BCUT2D eigenvalue weighted by atomic mass is 19.4. The summed E-state index contributed by atoms with van der Waals surface area (Å²) in [6, 6.07) is 12.6. The van der Waals surface area contributed by atoms with Gasteiger partial charge in [-0.15, -0.1) is 0 Å². The summed E-state index contributed by atoms with van der Waals surface area (Å²) in [5, 5.41) is 0. The van der Waals surface area contributed by atoms with Gasteiger partial charge in [0.2, 0.25) is 0 Å². The van der Waals surface area contributed by atoms with Crippen LogP contribution in [0.3, 0.4) is 0 Å². The van der Waals surface area contributed by atoms with E-state index in [4.69, 9.17) is 0 Å². The number of alkyl halides is 6. The van der Waals surface area contributed by atoms with Gasteiger partial charge in [0, 0.05) is 88.8 Å². The Morgan fingerprint density at radius 2 is 1.24 bits per heavy atom. The minimum atomic E-state index is -5.04. The summed E-state index contributed by atoms with van der Waals surface area (Å²) in [6.45, 7) is 6.90. The molecule has 54 heavy (non-hydrogen) atoms. The third kappa shape index (κ3) is 8.70. The van der Waals surface area contributed by atoms with Crippen molar-refractivity contribution in [1.82, 2.24) is 24.6 Å². The normalized spacial score (nSPS) is 22.5. The fourth-order valence-electron chi connectivity index (χ4n) is 8.73. The Bertz CT molecular complexity index is 1730. The lowest BCUT2D eigenvalue weighted by Gasteiger charge is -2.48. The zero-order valence-corrected chi connectivity index (χ0v) is 30.2. The van der Waals surface area contributed by atoms with Crippen LogP contribution in [0.15, 0.2) is 67.0 Å². The zero-order chi connectivity index (χ0) is 38.0. The van der Waals surface area contributed by atoms with E-state index in [0.29, 0.717) is 56.1 Å². The second-order valence-corrected chi connectivity index (χ2v) is 15.0. The molecule has 0 N–H and O–H groups in total. The molecule has 0 aliphatic carbocycles. The van der Waals surface area contributed by atoms with Gasteiger partial charge >= 0.3 is 12.4 Å². The average Bonchev–Trinajstić information content (AvgIpc) is 3.73. The molecule has 1 aromatic heterocycles. The Balaban J connectivity index is 0.970. The number of hydrogen-bond acceptors (Lipinski definition) is 6. The molecule has 2 unspecified atom stereocenters. The van der Waals surface area contributed by atoms with E-state index in [-0.39, 0.29) is 24.6 Å². The summed E-state index contributed by atoms with van der Waals surface area (Å²) in [4.78, 5) is 42.2. The maximum absolute atomic E-state index is 13.8. The number of pyridine rings is 1. The highest BCUT2D eigenvalue weighted by molar-refractivity contribution is 5.95. The first-order valence-corrected chi connectivity index (χ1v) is 19.0. The van der Waals surface area contributed by atoms with E-state index in [1.165, 1.54) is 4.90 Å². The molecule has 0 saturated carbocycles. The monoisotopic (exact) mass is 756 g/mol. The fraction of sp³-hybridized carbons (Fsp3) is 0.525. The fourth-order valence-corrected chi connectivity index (χ4v) is 8.73. The summed E-state index contributed by atoms with van der Waals surface area (Å²) < 4.78 is 82.0. The Morgan fingerprint density at radius 1 is 0.648 bits per heavy atom. The van der Waals surface area contributed by atoms with Gasteiger partial charge in [0.1, 0.15) is 0 Å². The molecule has 4 fully saturated rings. The first kappa shape index (κ1) is 38.1. The van der Waals surface area contributed by atoms with Crippen molar-refractivity contribution >= 4 is 17.5 Å². The van der Waals surface area contributed by atoms with Crippen LogP contribution < -0.4 is 4.90 Å². The number of rotatable bonds is 7. The van der Waals surface area contributed by atoms with Gasteiger partial charge in [-0.25, -0.2) is 0 Å². The van der Waals surface area contributed by atoms with Crippen LogP contribution in [-0.4, -0.2) is 113 Å². The van der Waals surface area contributed by atoms with Crippen molar-refractivity contribution in [3.63, 3.8) is 0 Å². The van der Waals surface area contributed by atoms with Crippen molar-refractivity contribution in [2.45, 2.75) is 75.4 Å². The van der Waals surface area contributed by atoms with E-state index in [2.05, 4.69) is 19.7 Å². The summed E-state index contributed by atoms with van der Waals surface area (Å²) in [5.74, 6) is -0.799. The van der Waals surface area contributed by atoms with Crippen LogP contribution in [0, 0.1) is 0 Å². The number of halogens is 6. The molecular weight excluding hydrogens is 710 g/mol. The number of carbonyl (C=O) groups is 2. The number of piperazine rings is 1. The minimum Gasteiger partial charge on any atom is -0.370 e. The molecule has 2 atom stereocenters. The molecule has 0 bridgehead atoms. The molecule has 4 saturated heterocycles. The number of carbonyl (C=O) groups excluding carboxylic acids is 2. The standard InChI is InChI=1S/C40H46F6N6O2/c41-39(42,43)31-21-29(22-32(24-31)40(44,45)46)38(54)52-15-10-34(25-35(52)20-28-6-2-1-3-7-28)50-18-16-49(17-19-50)33-8-13-51(14-9-33)37(53)30-23-36(27-47-26-30)48-11-4-5-12-48/h1-3,6-7,21-24,26-27,33-35H,4-5,8-20,25H2. The molecule has 0 spiro atoms. The molecule has 2 aromatic carbocycles. The lowest BCUT2D eigenvalue weighted by Crippen LogP contribution is -2.58. The minimum absolute atomic E-state index is 0.0237. The zero-order valence-electron chi connectivity index (χ0n) is 30.2. The molecule has 3 aromatic rings. The van der Waals surface area contributed by atoms with Crippen molar-refractivity contribution in [2.24, 2.45) is 0 Å². The molecule has 2 amide bonds. The first-order valence-electron chi connectivity index (χ1n) is 19.0. The van der Waals surface area contributed by atoms with Gasteiger partial charge in [0.05, 0.1) is 28.6 Å². The molecule has 14 heteroatoms. The van der Waals surface area contributed by atoms with Crippen LogP contribution >= 0.6 is 0 Å².